The van der Waals surface area contributed by atoms with E-state index >= 15 is 0 Å². The quantitative estimate of drug-likeness (QED) is 0.275. The van der Waals surface area contributed by atoms with Gasteiger partial charge < -0.3 is 9.16 Å². The fourth-order valence-corrected chi connectivity index (χ4v) is 4.86. The maximum Gasteiger partial charge on any atom is 0.250 e. The molecule has 3 aromatic rings. The average molecular weight is 473 g/mol. The van der Waals surface area contributed by atoms with E-state index in [1.807, 2.05) is 0 Å². The van der Waals surface area contributed by atoms with E-state index in [1.165, 1.54) is 11.1 Å². The molecule has 0 aromatic heterocycles. The van der Waals surface area contributed by atoms with Crippen LogP contribution >= 0.6 is 0 Å². The zero-order valence-corrected chi connectivity index (χ0v) is 22.7. The van der Waals surface area contributed by atoms with Gasteiger partial charge in [0.1, 0.15) is 5.75 Å². The van der Waals surface area contributed by atoms with E-state index in [-0.39, 0.29) is 5.04 Å². The van der Waals surface area contributed by atoms with E-state index in [2.05, 4.69) is 125 Å². The van der Waals surface area contributed by atoms with Crippen LogP contribution in [0.2, 0.25) is 18.1 Å². The summed E-state index contributed by atoms with van der Waals surface area (Å²) in [5.74, 6) is 2.19. The van der Waals surface area contributed by atoms with E-state index in [4.69, 9.17) is 9.16 Å². The normalized spacial score (nSPS) is 12.3. The molecule has 34 heavy (non-hydrogen) atoms. The first kappa shape index (κ1) is 25.8. The Morgan fingerprint density at radius 2 is 1.35 bits per heavy atom. The third-order valence-electron chi connectivity index (χ3n) is 6.87. The van der Waals surface area contributed by atoms with Crippen molar-refractivity contribution in [1.29, 1.82) is 0 Å². The minimum Gasteiger partial charge on any atom is -0.541 e. The molecule has 0 heterocycles. The molecule has 0 fully saturated rings. The second-order valence-electron chi connectivity index (χ2n) is 10.7. The highest BCUT2D eigenvalue weighted by Crippen LogP contribution is 2.40. The number of rotatable bonds is 10. The molecule has 0 aliphatic rings. The molecule has 0 atom stereocenters. The highest BCUT2D eigenvalue weighted by Gasteiger charge is 2.39. The van der Waals surface area contributed by atoms with Gasteiger partial charge in [-0.1, -0.05) is 99.7 Å². The van der Waals surface area contributed by atoms with Crippen LogP contribution in [0.1, 0.15) is 43.9 Å². The zero-order valence-electron chi connectivity index (χ0n) is 21.7. The Hall–Kier alpha value is -2.78. The van der Waals surface area contributed by atoms with E-state index in [9.17, 15) is 0 Å². The molecule has 2 nitrogen and oxygen atoms in total. The van der Waals surface area contributed by atoms with Gasteiger partial charge in [-0.2, -0.15) is 0 Å². The number of hydrogen-bond donors (Lipinski definition) is 0. The summed E-state index contributed by atoms with van der Waals surface area (Å²) in [5, 5.41) is 0.142. The molecule has 0 aliphatic carbocycles. The number of benzene rings is 3. The molecule has 0 saturated heterocycles. The lowest BCUT2D eigenvalue weighted by Crippen LogP contribution is -2.43. The zero-order chi connectivity index (χ0) is 24.6. The summed E-state index contributed by atoms with van der Waals surface area (Å²) >= 11 is 0. The minimum absolute atomic E-state index is 0.142. The predicted octanol–water partition coefficient (Wildman–Crippen LogP) is 8.58. The molecule has 0 amide bonds. The summed E-state index contributed by atoms with van der Waals surface area (Å²) in [6.45, 7) is 11.3. The molecule has 3 heteroatoms. The van der Waals surface area contributed by atoms with Crippen molar-refractivity contribution in [2.75, 3.05) is 7.11 Å². The molecule has 0 saturated carbocycles. The first-order chi connectivity index (χ1) is 16.2. The second-order valence-corrected chi connectivity index (χ2v) is 15.4. The summed E-state index contributed by atoms with van der Waals surface area (Å²) < 4.78 is 12.2. The predicted molar refractivity (Wildman–Crippen MR) is 148 cm³/mol. The second kappa shape index (κ2) is 11.6. The molecule has 180 valence electrons. The Kier molecular flexibility index (Phi) is 8.79. The number of hydrogen-bond acceptors (Lipinski definition) is 2. The van der Waals surface area contributed by atoms with Crippen LogP contribution in [0.15, 0.2) is 84.9 Å². The van der Waals surface area contributed by atoms with E-state index < -0.39 is 8.32 Å². The fraction of sp³-hybridized carbons (Fsp3) is 0.355. The number of allylic oxidation sites excluding steroid dienone is 1. The fourth-order valence-electron chi connectivity index (χ4n) is 3.83. The van der Waals surface area contributed by atoms with Crippen molar-refractivity contribution in [3.05, 3.63) is 102 Å². The molecule has 3 aromatic carbocycles. The van der Waals surface area contributed by atoms with Crippen LogP contribution in [0.5, 0.6) is 11.5 Å². The lowest BCUT2D eigenvalue weighted by molar-refractivity contribution is 0.386. The van der Waals surface area contributed by atoms with Crippen molar-refractivity contribution in [2.45, 2.75) is 58.2 Å². The Labute approximate surface area is 207 Å². The summed E-state index contributed by atoms with van der Waals surface area (Å²) in [6.07, 6.45) is 7.68. The van der Waals surface area contributed by atoms with E-state index in [0.29, 0.717) is 5.92 Å². The smallest absolute Gasteiger partial charge is 0.250 e. The van der Waals surface area contributed by atoms with Gasteiger partial charge in [0.05, 0.1) is 7.11 Å². The largest absolute Gasteiger partial charge is 0.541 e. The van der Waals surface area contributed by atoms with Gasteiger partial charge >= 0.3 is 0 Å². The first-order valence-electron chi connectivity index (χ1n) is 12.3. The Morgan fingerprint density at radius 3 is 1.85 bits per heavy atom. The minimum atomic E-state index is -1.92. The van der Waals surface area contributed by atoms with Crippen LogP contribution in [-0.4, -0.2) is 15.4 Å². The molecule has 3 rings (SSSR count). The Morgan fingerprint density at radius 1 is 0.794 bits per heavy atom. The van der Waals surface area contributed by atoms with Crippen molar-refractivity contribution in [3.8, 4) is 11.5 Å². The number of ether oxygens (including phenoxy) is 1. The summed E-state index contributed by atoms with van der Waals surface area (Å²) in [4.78, 5) is 0. The van der Waals surface area contributed by atoms with Gasteiger partial charge in [0.2, 0.25) is 0 Å². The van der Waals surface area contributed by atoms with Crippen molar-refractivity contribution in [1.82, 2.24) is 0 Å². The molecule has 0 bridgehead atoms. The van der Waals surface area contributed by atoms with Crippen LogP contribution < -0.4 is 9.16 Å². The lowest BCUT2D eigenvalue weighted by atomic mass is 9.89. The average Bonchev–Trinajstić information content (AvgIpc) is 2.80. The molecule has 0 N–H and O–H groups in total. The molecule has 0 aliphatic heterocycles. The maximum absolute atomic E-state index is 6.51. The standard InChI is InChI=1S/C31H40O2Si/c1-31(2,3)34(5,6)33-29-21-20-27(24-30(29)32-4)18-13-19-28(22-25-14-9-7-10-15-25)23-26-16-11-8-12-17-26/h7-18,20-21,24,28H,19,22-23H2,1-6H3/b18-13+. The van der Waals surface area contributed by atoms with Crippen molar-refractivity contribution in [3.63, 3.8) is 0 Å². The molecule has 0 radical (unpaired) electrons. The maximum atomic E-state index is 6.51. The molecular weight excluding hydrogens is 432 g/mol. The van der Waals surface area contributed by atoms with Gasteiger partial charge in [-0.15, -0.1) is 0 Å². The highest BCUT2D eigenvalue weighted by molar-refractivity contribution is 6.74. The van der Waals surface area contributed by atoms with E-state index in [0.717, 1.165) is 36.3 Å². The van der Waals surface area contributed by atoms with E-state index in [1.54, 1.807) is 7.11 Å². The van der Waals surface area contributed by atoms with Crippen molar-refractivity contribution >= 4 is 14.4 Å². The molecule has 0 unspecified atom stereocenters. The van der Waals surface area contributed by atoms with Gasteiger partial charge in [0, 0.05) is 0 Å². The summed E-state index contributed by atoms with van der Waals surface area (Å²) in [7, 11) is -0.204. The highest BCUT2D eigenvalue weighted by atomic mass is 28.4. The number of methoxy groups -OCH3 is 1. The van der Waals surface area contributed by atoms with Gasteiger partial charge in [-0.3, -0.25) is 0 Å². The van der Waals surface area contributed by atoms with Crippen LogP contribution in [0.3, 0.4) is 0 Å². The van der Waals surface area contributed by atoms with Crippen molar-refractivity contribution in [2.24, 2.45) is 5.92 Å². The summed E-state index contributed by atoms with van der Waals surface area (Å²) in [6, 6.07) is 27.9. The third kappa shape index (κ3) is 7.36. The van der Waals surface area contributed by atoms with Crippen molar-refractivity contribution < 1.29 is 9.16 Å². The van der Waals surface area contributed by atoms with Gasteiger partial charge in [-0.05, 0) is 72.1 Å². The van der Waals surface area contributed by atoms with Gasteiger partial charge in [0.15, 0.2) is 5.75 Å². The van der Waals surface area contributed by atoms with Crippen LogP contribution in [-0.2, 0) is 12.8 Å². The Balaban J connectivity index is 1.72. The van der Waals surface area contributed by atoms with Crippen LogP contribution in [0, 0.1) is 5.92 Å². The van der Waals surface area contributed by atoms with Crippen LogP contribution in [0.4, 0.5) is 0 Å². The van der Waals surface area contributed by atoms with Gasteiger partial charge in [-0.25, -0.2) is 0 Å². The van der Waals surface area contributed by atoms with Gasteiger partial charge in [0.25, 0.3) is 8.32 Å². The van der Waals surface area contributed by atoms with Crippen LogP contribution in [0.25, 0.3) is 6.08 Å². The summed E-state index contributed by atoms with van der Waals surface area (Å²) in [5.41, 5.74) is 3.92. The topological polar surface area (TPSA) is 18.5 Å². The molecular formula is C31H40O2Si. The SMILES string of the molecule is COc1cc(/C=C/CC(Cc2ccccc2)Cc2ccccc2)ccc1O[Si](C)(C)C(C)(C)C. The third-order valence-corrected chi connectivity index (χ3v) is 11.2. The molecule has 0 spiro atoms. The Bertz CT molecular complexity index is 1010. The monoisotopic (exact) mass is 472 g/mol. The lowest BCUT2D eigenvalue weighted by Gasteiger charge is -2.36. The first-order valence-corrected chi connectivity index (χ1v) is 15.2.